The summed E-state index contributed by atoms with van der Waals surface area (Å²) in [7, 11) is 0. The molecule has 106 valence electrons. The number of aromatic nitrogens is 4. The van der Waals surface area contributed by atoms with Gasteiger partial charge in [-0.3, -0.25) is 0 Å². The number of para-hydroxylation sites is 1. The van der Waals surface area contributed by atoms with Gasteiger partial charge in [0.05, 0.1) is 20.6 Å². The summed E-state index contributed by atoms with van der Waals surface area (Å²) in [6, 6.07) is 10.3. The van der Waals surface area contributed by atoms with Crippen LogP contribution >= 0.6 is 34.8 Å². The zero-order valence-corrected chi connectivity index (χ0v) is 12.7. The number of nitrogen functional groups attached to an aromatic ring is 1. The normalized spacial score (nSPS) is 10.8. The van der Waals surface area contributed by atoms with E-state index in [1.54, 1.807) is 36.4 Å². The van der Waals surface area contributed by atoms with Gasteiger partial charge in [-0.25, -0.2) is 0 Å². The molecular weight excluding hydrogens is 333 g/mol. The van der Waals surface area contributed by atoms with Gasteiger partial charge >= 0.3 is 0 Å². The third kappa shape index (κ3) is 2.44. The van der Waals surface area contributed by atoms with Crippen molar-refractivity contribution in [1.82, 2.24) is 20.2 Å². The molecule has 0 aliphatic rings. The first-order chi connectivity index (χ1) is 10.1. The second kappa shape index (κ2) is 5.52. The number of hydrogen-bond donors (Lipinski definition) is 1. The Labute approximate surface area is 135 Å². The van der Waals surface area contributed by atoms with Crippen LogP contribution in [0.15, 0.2) is 36.4 Å². The van der Waals surface area contributed by atoms with Crippen LogP contribution in [0.4, 0.5) is 5.69 Å². The molecular formula is C13H8Cl3N5. The second-order valence-corrected chi connectivity index (χ2v) is 5.41. The smallest absolute Gasteiger partial charge is 0.190 e. The van der Waals surface area contributed by atoms with Crippen molar-refractivity contribution in [3.8, 4) is 17.1 Å². The van der Waals surface area contributed by atoms with Gasteiger partial charge < -0.3 is 5.73 Å². The van der Waals surface area contributed by atoms with Crippen molar-refractivity contribution >= 4 is 40.5 Å². The van der Waals surface area contributed by atoms with E-state index < -0.39 is 0 Å². The predicted molar refractivity (Wildman–Crippen MR) is 84.0 cm³/mol. The van der Waals surface area contributed by atoms with Crippen LogP contribution < -0.4 is 5.73 Å². The van der Waals surface area contributed by atoms with Crippen LogP contribution in [0.5, 0.6) is 0 Å². The van der Waals surface area contributed by atoms with Gasteiger partial charge in [0, 0.05) is 5.69 Å². The Balaban J connectivity index is 2.28. The van der Waals surface area contributed by atoms with Gasteiger partial charge in [0.15, 0.2) is 5.82 Å². The molecule has 0 bridgehead atoms. The summed E-state index contributed by atoms with van der Waals surface area (Å²) in [5.41, 5.74) is 7.44. The van der Waals surface area contributed by atoms with Crippen LogP contribution in [0, 0.1) is 0 Å². The number of tetrazole rings is 1. The lowest BCUT2D eigenvalue weighted by molar-refractivity contribution is 0.791. The Bertz CT molecular complexity index is 709. The average Bonchev–Trinajstić information content (AvgIpc) is 2.87. The molecule has 1 heterocycles. The largest absolute Gasteiger partial charge is 0.398 e. The van der Waals surface area contributed by atoms with E-state index in [0.29, 0.717) is 37.8 Å². The number of anilines is 1. The first-order valence-corrected chi connectivity index (χ1v) is 7.00. The number of benzene rings is 2. The molecule has 0 spiro atoms. The fraction of sp³-hybridized carbons (Fsp3) is 0. The van der Waals surface area contributed by atoms with E-state index in [0.717, 1.165) is 0 Å². The molecule has 0 saturated carbocycles. The maximum Gasteiger partial charge on any atom is 0.190 e. The highest BCUT2D eigenvalue weighted by atomic mass is 35.5. The first kappa shape index (κ1) is 14.1. The predicted octanol–water partition coefficient (Wildman–Crippen LogP) is 3.87. The Morgan fingerprint density at radius 1 is 0.905 bits per heavy atom. The molecule has 0 radical (unpaired) electrons. The second-order valence-electron chi connectivity index (χ2n) is 4.19. The molecule has 5 nitrogen and oxygen atoms in total. The van der Waals surface area contributed by atoms with E-state index in [1.807, 2.05) is 0 Å². The molecule has 3 rings (SSSR count). The third-order valence-electron chi connectivity index (χ3n) is 2.89. The summed E-state index contributed by atoms with van der Waals surface area (Å²) < 4.78 is 1.42. The lowest BCUT2D eigenvalue weighted by Crippen LogP contribution is -2.03. The number of halogens is 3. The Morgan fingerprint density at radius 2 is 1.52 bits per heavy atom. The van der Waals surface area contributed by atoms with E-state index in [-0.39, 0.29) is 0 Å². The Morgan fingerprint density at radius 3 is 2.19 bits per heavy atom. The minimum Gasteiger partial charge on any atom is -0.398 e. The summed E-state index contributed by atoms with van der Waals surface area (Å²) >= 11 is 18.6. The Kier molecular flexibility index (Phi) is 3.71. The summed E-state index contributed by atoms with van der Waals surface area (Å²) in [6.45, 7) is 0. The lowest BCUT2D eigenvalue weighted by Gasteiger charge is -2.10. The van der Waals surface area contributed by atoms with Gasteiger partial charge in [-0.1, -0.05) is 46.9 Å². The average molecular weight is 341 g/mol. The minimum absolute atomic E-state index is 0.369. The van der Waals surface area contributed by atoms with Gasteiger partial charge in [-0.05, 0) is 34.7 Å². The van der Waals surface area contributed by atoms with E-state index in [9.17, 15) is 0 Å². The highest BCUT2D eigenvalue weighted by Crippen LogP contribution is 2.35. The standard InChI is InChI=1S/C13H8Cl3N5/c14-7-3-2-6-10(17)11(7)13-18-19-20-21(13)12-8(15)4-1-5-9(12)16/h1-6H,17H2. The topological polar surface area (TPSA) is 69.6 Å². The summed E-state index contributed by atoms with van der Waals surface area (Å²) in [5, 5.41) is 12.9. The van der Waals surface area contributed by atoms with E-state index >= 15 is 0 Å². The molecule has 0 fully saturated rings. The summed E-state index contributed by atoms with van der Waals surface area (Å²) in [4.78, 5) is 0. The monoisotopic (exact) mass is 339 g/mol. The van der Waals surface area contributed by atoms with Crippen molar-refractivity contribution in [2.24, 2.45) is 0 Å². The lowest BCUT2D eigenvalue weighted by atomic mass is 10.1. The van der Waals surface area contributed by atoms with E-state index in [2.05, 4.69) is 15.5 Å². The molecule has 0 unspecified atom stereocenters. The number of nitrogens with zero attached hydrogens (tertiary/aromatic N) is 4. The molecule has 21 heavy (non-hydrogen) atoms. The van der Waals surface area contributed by atoms with Gasteiger partial charge in [-0.2, -0.15) is 4.68 Å². The fourth-order valence-corrected chi connectivity index (χ4v) is 2.79. The third-order valence-corrected chi connectivity index (χ3v) is 3.81. The Hall–Kier alpha value is -1.82. The first-order valence-electron chi connectivity index (χ1n) is 5.86. The van der Waals surface area contributed by atoms with Crippen molar-refractivity contribution in [1.29, 1.82) is 0 Å². The van der Waals surface area contributed by atoms with Crippen LogP contribution in [-0.4, -0.2) is 20.2 Å². The quantitative estimate of drug-likeness (QED) is 0.719. The SMILES string of the molecule is Nc1cccc(Cl)c1-c1nnnn1-c1c(Cl)cccc1Cl. The molecule has 1 aromatic heterocycles. The molecule has 2 N–H and O–H groups in total. The zero-order valence-electron chi connectivity index (χ0n) is 10.5. The highest BCUT2D eigenvalue weighted by Gasteiger charge is 2.19. The molecule has 0 aliphatic carbocycles. The van der Waals surface area contributed by atoms with Crippen LogP contribution in [0.1, 0.15) is 0 Å². The molecule has 3 aromatic rings. The maximum atomic E-state index is 6.21. The van der Waals surface area contributed by atoms with Crippen molar-refractivity contribution in [3.63, 3.8) is 0 Å². The van der Waals surface area contributed by atoms with Crippen molar-refractivity contribution in [2.75, 3.05) is 5.73 Å². The van der Waals surface area contributed by atoms with Crippen LogP contribution in [0.25, 0.3) is 17.1 Å². The fourth-order valence-electron chi connectivity index (χ4n) is 1.96. The van der Waals surface area contributed by atoms with E-state index in [1.165, 1.54) is 4.68 Å². The van der Waals surface area contributed by atoms with Gasteiger partial charge in [0.2, 0.25) is 0 Å². The van der Waals surface area contributed by atoms with Crippen molar-refractivity contribution < 1.29 is 0 Å². The van der Waals surface area contributed by atoms with Crippen molar-refractivity contribution in [3.05, 3.63) is 51.5 Å². The summed E-state index contributed by atoms with van der Waals surface area (Å²) in [5.74, 6) is 0.369. The maximum absolute atomic E-state index is 6.21. The van der Waals surface area contributed by atoms with Gasteiger partial charge in [0.1, 0.15) is 5.69 Å². The van der Waals surface area contributed by atoms with Gasteiger partial charge in [-0.15, -0.1) is 5.10 Å². The molecule has 8 heteroatoms. The summed E-state index contributed by atoms with van der Waals surface area (Å²) in [6.07, 6.45) is 0. The highest BCUT2D eigenvalue weighted by molar-refractivity contribution is 6.38. The van der Waals surface area contributed by atoms with Crippen LogP contribution in [0.2, 0.25) is 15.1 Å². The number of hydrogen-bond acceptors (Lipinski definition) is 4. The van der Waals surface area contributed by atoms with E-state index in [4.69, 9.17) is 40.5 Å². The number of rotatable bonds is 2. The van der Waals surface area contributed by atoms with Crippen LogP contribution in [0.3, 0.4) is 0 Å². The molecule has 0 aliphatic heterocycles. The zero-order chi connectivity index (χ0) is 15.0. The minimum atomic E-state index is 0.369. The molecule has 0 amide bonds. The molecule has 2 aromatic carbocycles. The van der Waals surface area contributed by atoms with Crippen molar-refractivity contribution in [2.45, 2.75) is 0 Å². The number of nitrogens with two attached hydrogens (primary N) is 1. The van der Waals surface area contributed by atoms with Gasteiger partial charge in [0.25, 0.3) is 0 Å². The molecule has 0 atom stereocenters. The molecule has 0 saturated heterocycles. The van der Waals surface area contributed by atoms with Crippen LogP contribution in [-0.2, 0) is 0 Å².